The molecule has 1 rings (SSSR count). The normalized spacial score (nSPS) is 12.3. The van der Waals surface area contributed by atoms with E-state index in [0.29, 0.717) is 10.2 Å². The van der Waals surface area contributed by atoms with Crippen LogP contribution in [-0.4, -0.2) is 13.2 Å². The van der Waals surface area contributed by atoms with Gasteiger partial charge in [-0.3, -0.25) is 10.1 Å². The van der Waals surface area contributed by atoms with E-state index in [1.807, 2.05) is 0 Å². The summed E-state index contributed by atoms with van der Waals surface area (Å²) in [6.45, 7) is 10.6. The van der Waals surface area contributed by atoms with Crippen LogP contribution in [-0.2, 0) is 0 Å². The lowest BCUT2D eigenvalue weighted by Gasteiger charge is -2.36. The number of nitrogens with zero attached hydrogens (tertiary/aromatic N) is 1. The number of hydrogen-bond acceptors (Lipinski definition) is 3. The third-order valence-electron chi connectivity index (χ3n) is 3.31. The highest BCUT2D eigenvalue weighted by atomic mass is 79.9. The van der Waals surface area contributed by atoms with Crippen molar-refractivity contribution in [3.8, 4) is 5.75 Å². The van der Waals surface area contributed by atoms with E-state index >= 15 is 0 Å². The Morgan fingerprint density at radius 1 is 1.33 bits per heavy atom. The van der Waals surface area contributed by atoms with Gasteiger partial charge in [0.15, 0.2) is 0 Å². The molecular weight excluding hydrogens is 314 g/mol. The van der Waals surface area contributed by atoms with E-state index in [-0.39, 0.29) is 10.7 Å². The first-order valence-electron chi connectivity index (χ1n) is 5.68. The van der Waals surface area contributed by atoms with Crippen LogP contribution in [0.15, 0.2) is 22.7 Å². The van der Waals surface area contributed by atoms with Crippen LogP contribution in [0.3, 0.4) is 0 Å². The maximum absolute atomic E-state index is 10.9. The topological polar surface area (TPSA) is 52.4 Å². The van der Waals surface area contributed by atoms with Gasteiger partial charge in [-0.15, -0.1) is 0 Å². The molecule has 0 saturated heterocycles. The number of halogens is 1. The number of hydrogen-bond donors (Lipinski definition) is 0. The van der Waals surface area contributed by atoms with Crippen molar-refractivity contribution in [1.29, 1.82) is 0 Å². The smallest absolute Gasteiger partial charge is 0.287 e. The molecule has 0 aliphatic rings. The summed E-state index contributed by atoms with van der Waals surface area (Å²) in [5.41, 5.74) is 0.0335. The Labute approximate surface area is 117 Å². The minimum Gasteiger partial charge on any atom is -0.543 e. The van der Waals surface area contributed by atoms with Crippen LogP contribution in [0.2, 0.25) is 18.1 Å². The van der Waals surface area contributed by atoms with E-state index in [1.165, 1.54) is 6.07 Å². The van der Waals surface area contributed by atoms with Gasteiger partial charge in [-0.1, -0.05) is 26.8 Å². The van der Waals surface area contributed by atoms with Crippen molar-refractivity contribution in [3.63, 3.8) is 0 Å². The summed E-state index contributed by atoms with van der Waals surface area (Å²) in [6.07, 6.45) is 0. The number of nitro benzene ring substituents is 1. The second kappa shape index (κ2) is 5.01. The fourth-order valence-corrected chi connectivity index (χ4v) is 2.81. The third kappa shape index (κ3) is 3.11. The second-order valence-electron chi connectivity index (χ2n) is 5.71. The average Bonchev–Trinajstić information content (AvgIpc) is 2.18. The zero-order chi connectivity index (χ0) is 14.1. The van der Waals surface area contributed by atoms with E-state index in [0.717, 1.165) is 0 Å². The first-order chi connectivity index (χ1) is 8.06. The summed E-state index contributed by atoms with van der Waals surface area (Å²) >= 11 is 3.26. The van der Waals surface area contributed by atoms with Crippen LogP contribution >= 0.6 is 15.9 Å². The van der Waals surface area contributed by atoms with Crippen LogP contribution in [0.25, 0.3) is 0 Å². The molecule has 0 atom stereocenters. The molecule has 0 aliphatic carbocycles. The lowest BCUT2D eigenvalue weighted by molar-refractivity contribution is -0.385. The summed E-state index contributed by atoms with van der Waals surface area (Å²) in [7, 11) is -1.99. The number of benzene rings is 1. The average molecular weight is 332 g/mol. The van der Waals surface area contributed by atoms with E-state index in [4.69, 9.17) is 4.43 Å². The molecule has 0 radical (unpaired) electrons. The Hall–Kier alpha value is -0.883. The summed E-state index contributed by atoms with van der Waals surface area (Å²) in [6, 6.07) is 4.87. The number of rotatable bonds is 3. The van der Waals surface area contributed by atoms with E-state index in [1.54, 1.807) is 12.1 Å². The monoisotopic (exact) mass is 331 g/mol. The summed E-state index contributed by atoms with van der Waals surface area (Å²) in [5, 5.41) is 10.9. The van der Waals surface area contributed by atoms with E-state index in [9.17, 15) is 10.1 Å². The SMILES string of the molecule is CC(C)(C)[Si](C)(C)Oc1cccc([N+](=O)[O-])c1Br. The van der Waals surface area contributed by atoms with Crippen molar-refractivity contribution in [2.24, 2.45) is 0 Å². The first kappa shape index (κ1) is 15.2. The maximum atomic E-state index is 10.9. The molecule has 1 aromatic rings. The molecule has 0 aromatic heterocycles. The maximum Gasteiger partial charge on any atom is 0.287 e. The molecule has 18 heavy (non-hydrogen) atoms. The summed E-state index contributed by atoms with van der Waals surface area (Å²) < 4.78 is 6.49. The second-order valence-corrected chi connectivity index (χ2v) is 11.2. The molecule has 0 fully saturated rings. The predicted molar refractivity (Wildman–Crippen MR) is 78.6 cm³/mol. The molecule has 0 N–H and O–H groups in total. The van der Waals surface area contributed by atoms with Gasteiger partial charge in [0, 0.05) is 6.07 Å². The highest BCUT2D eigenvalue weighted by Gasteiger charge is 2.39. The van der Waals surface area contributed by atoms with Crippen molar-refractivity contribution in [2.45, 2.75) is 38.9 Å². The van der Waals surface area contributed by atoms with Crippen molar-refractivity contribution in [2.75, 3.05) is 0 Å². The van der Waals surface area contributed by atoms with Crippen molar-refractivity contribution >= 4 is 29.9 Å². The van der Waals surface area contributed by atoms with Gasteiger partial charge < -0.3 is 4.43 Å². The predicted octanol–water partition coefficient (Wildman–Crippen LogP) is 4.74. The highest BCUT2D eigenvalue weighted by molar-refractivity contribution is 9.10. The highest BCUT2D eigenvalue weighted by Crippen LogP contribution is 2.41. The largest absolute Gasteiger partial charge is 0.543 e. The van der Waals surface area contributed by atoms with Crippen molar-refractivity contribution < 1.29 is 9.35 Å². The van der Waals surface area contributed by atoms with Crippen molar-refractivity contribution in [1.82, 2.24) is 0 Å². The van der Waals surface area contributed by atoms with Crippen LogP contribution in [0, 0.1) is 10.1 Å². The Balaban J connectivity index is 3.14. The van der Waals surface area contributed by atoms with Crippen LogP contribution in [0.1, 0.15) is 20.8 Å². The van der Waals surface area contributed by atoms with Gasteiger partial charge in [0.2, 0.25) is 0 Å². The van der Waals surface area contributed by atoms with Gasteiger partial charge in [0.1, 0.15) is 10.2 Å². The molecule has 0 heterocycles. The Morgan fingerprint density at radius 3 is 2.33 bits per heavy atom. The van der Waals surface area contributed by atoms with Gasteiger partial charge in [0.05, 0.1) is 4.92 Å². The van der Waals surface area contributed by atoms with Gasteiger partial charge in [0.25, 0.3) is 14.0 Å². The quantitative estimate of drug-likeness (QED) is 0.456. The Morgan fingerprint density at radius 2 is 1.89 bits per heavy atom. The first-order valence-corrected chi connectivity index (χ1v) is 9.38. The summed E-state index contributed by atoms with van der Waals surface area (Å²) in [5.74, 6) is 0.552. The molecule has 0 spiro atoms. The number of nitro groups is 1. The zero-order valence-corrected chi connectivity index (χ0v) is 13.9. The van der Waals surface area contributed by atoms with Gasteiger partial charge in [-0.05, 0) is 40.1 Å². The van der Waals surface area contributed by atoms with Crippen LogP contribution < -0.4 is 4.43 Å². The molecule has 100 valence electrons. The molecule has 4 nitrogen and oxygen atoms in total. The molecule has 0 amide bonds. The van der Waals surface area contributed by atoms with Crippen LogP contribution in [0.4, 0.5) is 5.69 Å². The lowest BCUT2D eigenvalue weighted by Crippen LogP contribution is -2.43. The molecular formula is C12H18BrNO3Si. The van der Waals surface area contributed by atoms with Gasteiger partial charge in [-0.25, -0.2) is 0 Å². The summed E-state index contributed by atoms with van der Waals surface area (Å²) in [4.78, 5) is 10.5. The molecule has 0 aliphatic heterocycles. The molecule has 1 aromatic carbocycles. The minimum atomic E-state index is -1.99. The van der Waals surface area contributed by atoms with E-state index in [2.05, 4.69) is 49.8 Å². The zero-order valence-electron chi connectivity index (χ0n) is 11.3. The standard InChI is InChI=1S/C12H18BrNO3Si/c1-12(2,3)18(4,5)17-10-8-6-7-9(11(10)13)14(15)16/h6-8H,1-5H3. The van der Waals surface area contributed by atoms with Crippen LogP contribution in [0.5, 0.6) is 5.75 Å². The third-order valence-corrected chi connectivity index (χ3v) is 8.45. The van der Waals surface area contributed by atoms with Gasteiger partial charge >= 0.3 is 0 Å². The van der Waals surface area contributed by atoms with Gasteiger partial charge in [-0.2, -0.15) is 0 Å². The molecule has 0 unspecified atom stereocenters. The minimum absolute atomic E-state index is 0.0335. The molecule has 6 heteroatoms. The molecule has 0 bridgehead atoms. The fraction of sp³-hybridized carbons (Fsp3) is 0.500. The molecule has 0 saturated carbocycles. The fourth-order valence-electron chi connectivity index (χ4n) is 1.15. The Bertz CT molecular complexity index is 469. The van der Waals surface area contributed by atoms with Crippen molar-refractivity contribution in [3.05, 3.63) is 32.8 Å². The Kier molecular flexibility index (Phi) is 4.22. The lowest BCUT2D eigenvalue weighted by atomic mass is 10.2. The van der Waals surface area contributed by atoms with E-state index < -0.39 is 13.2 Å².